The Morgan fingerprint density at radius 1 is 0.875 bits per heavy atom. The zero-order valence-corrected chi connectivity index (χ0v) is 33.2. The van der Waals surface area contributed by atoms with E-state index in [-0.39, 0.29) is 45.1 Å². The van der Waals surface area contributed by atoms with Crippen LogP contribution in [0.1, 0.15) is 93.3 Å². The van der Waals surface area contributed by atoms with E-state index in [0.29, 0.717) is 68.8 Å². The number of halogens is 5. The molecule has 1 saturated heterocycles. The van der Waals surface area contributed by atoms with Gasteiger partial charge >= 0.3 is 6.18 Å². The Labute approximate surface area is 335 Å². The van der Waals surface area contributed by atoms with Gasteiger partial charge in [0.2, 0.25) is 5.78 Å². The number of furan rings is 1. The first-order chi connectivity index (χ1) is 26.4. The lowest BCUT2D eigenvalue weighted by molar-refractivity contribution is -0.178. The van der Waals surface area contributed by atoms with Gasteiger partial charge in [0.05, 0.1) is 27.9 Å². The lowest BCUT2D eigenvalue weighted by atomic mass is 9.32. The average molecular weight is 811 g/mol. The molecule has 8 atom stereocenters. The fourth-order valence-electron chi connectivity index (χ4n) is 12.7. The largest absolute Gasteiger partial charge is 0.453 e. The third kappa shape index (κ3) is 5.47. The first kappa shape index (κ1) is 38.6. The number of nitrogens with zero attached hydrogens (tertiary/aromatic N) is 1. The summed E-state index contributed by atoms with van der Waals surface area (Å²) in [4.78, 5) is 17.3. The molecule has 2 spiro atoms. The predicted octanol–water partition coefficient (Wildman–Crippen LogP) is 10.0. The van der Waals surface area contributed by atoms with Crippen molar-refractivity contribution < 1.29 is 37.7 Å². The zero-order valence-electron chi connectivity index (χ0n) is 31.6. The molecule has 4 fully saturated rings. The van der Waals surface area contributed by atoms with Gasteiger partial charge in [-0.05, 0) is 123 Å². The highest BCUT2D eigenvalue weighted by molar-refractivity contribution is 6.33. The molecule has 10 rings (SSSR count). The van der Waals surface area contributed by atoms with Crippen LogP contribution in [-0.2, 0) is 11.8 Å². The van der Waals surface area contributed by atoms with Crippen LogP contribution in [0.25, 0.3) is 11.3 Å². The van der Waals surface area contributed by atoms with Gasteiger partial charge in [0.1, 0.15) is 5.76 Å². The van der Waals surface area contributed by atoms with E-state index in [1.54, 1.807) is 12.1 Å². The van der Waals surface area contributed by atoms with E-state index in [4.69, 9.17) is 27.6 Å². The highest BCUT2D eigenvalue weighted by Crippen LogP contribution is 2.78. The van der Waals surface area contributed by atoms with Gasteiger partial charge in [0, 0.05) is 52.0 Å². The molecule has 56 heavy (non-hydrogen) atoms. The van der Waals surface area contributed by atoms with Crippen LogP contribution in [0.4, 0.5) is 13.2 Å². The molecular weight excluding hydrogens is 762 g/mol. The zero-order chi connectivity index (χ0) is 39.7. The minimum Gasteiger partial charge on any atom is -0.453 e. The van der Waals surface area contributed by atoms with E-state index in [9.17, 15) is 28.5 Å². The van der Waals surface area contributed by atoms with Gasteiger partial charge in [-0.3, -0.25) is 4.79 Å². The predicted molar refractivity (Wildman–Crippen MR) is 208 cm³/mol. The molecule has 0 radical (unpaired) electrons. The van der Waals surface area contributed by atoms with Crippen molar-refractivity contribution in [2.75, 3.05) is 19.6 Å². The standard InChI is InChI=1S/C45H48Cl2F3NO5/c1-39-14-11-30(52)24-41(39)17-18-44(32(25-41)38(53)35-10-9-34(56-35)31-23-28(45(48,49)50)5-8-33(31)47)36(39)12-15-40(2)37(44)13-16-43(40,55)26-51-21-19-42(54,20-22-51)27-3-6-29(46)7-4-27/h3-10,17-18,23,25,30,36-37,52,54-55H,11-16,19-22,24,26H2,1-2H3/t30?,36-,37-,39-,40+,41+,43-,44-/m1/s1. The quantitative estimate of drug-likeness (QED) is 0.170. The lowest BCUT2D eigenvalue weighted by Gasteiger charge is -2.71. The minimum atomic E-state index is -4.58. The van der Waals surface area contributed by atoms with E-state index < -0.39 is 45.3 Å². The topological polar surface area (TPSA) is 94.1 Å². The van der Waals surface area contributed by atoms with Crippen molar-refractivity contribution in [1.82, 2.24) is 4.90 Å². The number of carbonyl (C=O) groups excluding carboxylic acids is 1. The van der Waals surface area contributed by atoms with Crippen LogP contribution < -0.4 is 0 Å². The number of aliphatic hydroxyl groups excluding tert-OH is 1. The van der Waals surface area contributed by atoms with Crippen LogP contribution in [0.3, 0.4) is 0 Å². The molecule has 298 valence electrons. The van der Waals surface area contributed by atoms with Crippen molar-refractivity contribution >= 4 is 29.0 Å². The number of ketones is 1. The second-order valence-corrected chi connectivity index (χ2v) is 19.2. The maximum absolute atomic E-state index is 15.0. The second-order valence-electron chi connectivity index (χ2n) is 18.3. The second kappa shape index (κ2) is 12.8. The van der Waals surface area contributed by atoms with Gasteiger partial charge in [-0.1, -0.05) is 67.4 Å². The number of aliphatic hydroxyl groups is 3. The number of β-amino-alcohol motifs (C(OH)–C–C–N with tert-alkyl or cyclic N) is 1. The van der Waals surface area contributed by atoms with Crippen LogP contribution >= 0.6 is 23.2 Å². The third-order valence-corrected chi connectivity index (χ3v) is 16.5. The van der Waals surface area contributed by atoms with Gasteiger partial charge in [-0.2, -0.15) is 13.2 Å². The van der Waals surface area contributed by atoms with Crippen molar-refractivity contribution in [2.24, 2.45) is 33.5 Å². The van der Waals surface area contributed by atoms with E-state index in [1.807, 2.05) is 12.1 Å². The average Bonchev–Trinajstić information content (AvgIpc) is 3.75. The van der Waals surface area contributed by atoms with Crippen LogP contribution in [0.15, 0.2) is 82.8 Å². The van der Waals surface area contributed by atoms with Crippen molar-refractivity contribution in [2.45, 2.75) is 95.1 Å². The molecule has 2 bridgehead atoms. The van der Waals surface area contributed by atoms with Crippen molar-refractivity contribution in [1.29, 1.82) is 0 Å². The smallest absolute Gasteiger partial charge is 0.416 e. The van der Waals surface area contributed by atoms with Gasteiger partial charge in [-0.25, -0.2) is 0 Å². The first-order valence-corrected chi connectivity index (χ1v) is 20.7. The van der Waals surface area contributed by atoms with Gasteiger partial charge in [0.15, 0.2) is 5.76 Å². The van der Waals surface area contributed by atoms with E-state index >= 15 is 4.79 Å². The van der Waals surface area contributed by atoms with Crippen LogP contribution in [0.2, 0.25) is 10.0 Å². The summed E-state index contributed by atoms with van der Waals surface area (Å²) in [6, 6.07) is 13.4. The summed E-state index contributed by atoms with van der Waals surface area (Å²) in [5, 5.41) is 36.2. The van der Waals surface area contributed by atoms with Crippen molar-refractivity contribution in [3.63, 3.8) is 0 Å². The summed E-state index contributed by atoms with van der Waals surface area (Å²) in [5.74, 6) is -0.263. The van der Waals surface area contributed by atoms with Gasteiger partial charge in [0.25, 0.3) is 0 Å². The fraction of sp³-hybridized carbons (Fsp3) is 0.533. The van der Waals surface area contributed by atoms with E-state index in [1.165, 1.54) is 18.2 Å². The number of likely N-dealkylation sites (tertiary alicyclic amines) is 1. The monoisotopic (exact) mass is 809 g/mol. The number of Topliss-reactive ketones (excluding diaryl/α,β-unsaturated/α-hetero) is 1. The summed E-state index contributed by atoms with van der Waals surface area (Å²) in [7, 11) is 0. The number of alkyl halides is 3. The summed E-state index contributed by atoms with van der Waals surface area (Å²) in [6.45, 7) is 6.22. The fourth-order valence-corrected chi connectivity index (χ4v) is 13.1. The number of hydrogen-bond acceptors (Lipinski definition) is 6. The molecule has 0 amide bonds. The lowest BCUT2D eigenvalue weighted by Crippen LogP contribution is -2.67. The summed E-state index contributed by atoms with van der Waals surface area (Å²) in [5.41, 5.74) is -3.47. The normalized spacial score (nSPS) is 37.5. The molecule has 1 unspecified atom stereocenters. The Bertz CT molecular complexity index is 2140. The number of benzene rings is 2. The molecule has 6 nitrogen and oxygen atoms in total. The summed E-state index contributed by atoms with van der Waals surface area (Å²) < 4.78 is 47.1. The minimum absolute atomic E-state index is 0.0188. The molecule has 3 saturated carbocycles. The Balaban J connectivity index is 1.06. The molecular formula is C45H48Cl2F3NO5. The molecule has 6 aliphatic carbocycles. The van der Waals surface area contributed by atoms with Crippen LogP contribution in [0.5, 0.6) is 0 Å². The highest BCUT2D eigenvalue weighted by atomic mass is 35.5. The van der Waals surface area contributed by atoms with Crippen LogP contribution in [0, 0.1) is 33.5 Å². The summed E-state index contributed by atoms with van der Waals surface area (Å²) >= 11 is 12.5. The van der Waals surface area contributed by atoms with Crippen molar-refractivity contribution in [3.05, 3.63) is 105 Å². The van der Waals surface area contributed by atoms with E-state index in [2.05, 4.69) is 37.0 Å². The molecule has 2 aromatic carbocycles. The molecule has 11 heteroatoms. The maximum atomic E-state index is 15.0. The number of rotatable bonds is 6. The SMILES string of the molecule is C[C@]12CC[C@H]3[C@]4(C=C[C@@]5(C=C4C(=O)c4ccc(-c6cc(C(F)(F)F)ccc6Cl)o4)CC(O)CC[C@]35C)[C@@H]1CC[C@@]2(O)CN1CCC(O)(c2ccc(Cl)cc2)CC1. The maximum Gasteiger partial charge on any atom is 0.416 e. The molecule has 1 aromatic heterocycles. The van der Waals surface area contributed by atoms with E-state index in [0.717, 1.165) is 37.0 Å². The number of fused-ring (bicyclic) bond motifs is 1. The molecule has 7 aliphatic rings. The highest BCUT2D eigenvalue weighted by Gasteiger charge is 2.74. The Kier molecular flexibility index (Phi) is 8.81. The third-order valence-electron chi connectivity index (χ3n) is 15.9. The molecule has 2 heterocycles. The molecule has 3 aromatic rings. The Morgan fingerprint density at radius 3 is 2.27 bits per heavy atom. The first-order valence-electron chi connectivity index (χ1n) is 19.9. The number of hydrogen-bond donors (Lipinski definition) is 3. The number of allylic oxidation sites excluding steroid dienone is 4. The number of piperidine rings is 1. The molecule has 3 N–H and O–H groups in total. The van der Waals surface area contributed by atoms with Gasteiger partial charge < -0.3 is 24.6 Å². The molecule has 1 aliphatic heterocycles. The van der Waals surface area contributed by atoms with Gasteiger partial charge in [-0.15, -0.1) is 0 Å². The number of carbonyl (C=O) groups is 1. The Morgan fingerprint density at radius 2 is 1.55 bits per heavy atom. The van der Waals surface area contributed by atoms with Crippen molar-refractivity contribution in [3.8, 4) is 11.3 Å². The Hall–Kier alpha value is -2.92. The summed E-state index contributed by atoms with van der Waals surface area (Å²) in [6.07, 6.45) is 7.36. The van der Waals surface area contributed by atoms with Crippen LogP contribution in [-0.4, -0.2) is 57.3 Å².